The van der Waals surface area contributed by atoms with Gasteiger partial charge in [0.1, 0.15) is 16.6 Å². The van der Waals surface area contributed by atoms with E-state index in [9.17, 15) is 5.26 Å². The molecule has 0 N–H and O–H groups in total. The fraction of sp³-hybridized carbons (Fsp3) is 0.333. The van der Waals surface area contributed by atoms with Gasteiger partial charge in [-0.2, -0.15) is 9.64 Å². The van der Waals surface area contributed by atoms with Crippen LogP contribution in [0.25, 0.3) is 0 Å². The highest BCUT2D eigenvalue weighted by atomic mass is 35.5. The van der Waals surface area contributed by atoms with Crippen molar-refractivity contribution < 1.29 is 0 Å². The molecule has 0 amide bonds. The van der Waals surface area contributed by atoms with Gasteiger partial charge in [-0.25, -0.2) is 0 Å². The van der Waals surface area contributed by atoms with Gasteiger partial charge < -0.3 is 4.90 Å². The predicted molar refractivity (Wildman–Crippen MR) is 82.5 cm³/mol. The summed E-state index contributed by atoms with van der Waals surface area (Å²) < 4.78 is 4.09. The average molecular weight is 304 g/mol. The van der Waals surface area contributed by atoms with E-state index < -0.39 is 0 Å². The summed E-state index contributed by atoms with van der Waals surface area (Å²) in [5.74, 6) is 0. The molecule has 2 aromatic rings. The zero-order valence-electron chi connectivity index (χ0n) is 11.1. The van der Waals surface area contributed by atoms with Gasteiger partial charge in [0.05, 0.1) is 0 Å². The van der Waals surface area contributed by atoms with E-state index in [1.165, 1.54) is 22.7 Å². The quantitative estimate of drug-likeness (QED) is 0.850. The highest BCUT2D eigenvalue weighted by Crippen LogP contribution is 2.34. The summed E-state index contributed by atoms with van der Waals surface area (Å²) in [6.07, 6.45) is 3.18. The summed E-state index contributed by atoms with van der Waals surface area (Å²) >= 11 is 7.26. The standard InChI is InChI=1S/C15H14ClN3S/c1-19(15-13(9-17)14(16)18-20-15)12-7-6-10-4-2-3-5-11(10)8-12/h2-5,12H,6-8H2,1H3. The number of nitrogens with zero attached hydrogens (tertiary/aromatic N) is 3. The third kappa shape index (κ3) is 2.28. The number of hydrogen-bond acceptors (Lipinski definition) is 4. The van der Waals surface area contributed by atoms with Gasteiger partial charge in [0.2, 0.25) is 0 Å². The van der Waals surface area contributed by atoms with Crippen LogP contribution in [0.1, 0.15) is 23.1 Å². The van der Waals surface area contributed by atoms with Crippen molar-refractivity contribution >= 4 is 28.1 Å². The molecule has 0 radical (unpaired) electrons. The lowest BCUT2D eigenvalue weighted by molar-refractivity contribution is 0.550. The van der Waals surface area contributed by atoms with E-state index in [-0.39, 0.29) is 0 Å². The number of nitriles is 1. The first-order chi connectivity index (χ1) is 9.70. The van der Waals surface area contributed by atoms with E-state index in [4.69, 9.17) is 11.6 Å². The summed E-state index contributed by atoms with van der Waals surface area (Å²) in [4.78, 5) is 2.16. The second kappa shape index (κ2) is 5.43. The van der Waals surface area contributed by atoms with Crippen molar-refractivity contribution in [3.8, 4) is 6.07 Å². The van der Waals surface area contributed by atoms with Crippen molar-refractivity contribution in [2.24, 2.45) is 0 Å². The number of likely N-dealkylation sites (N-methyl/N-ethyl adjacent to an activating group) is 1. The second-order valence-electron chi connectivity index (χ2n) is 5.04. The molecule has 20 heavy (non-hydrogen) atoms. The number of anilines is 1. The lowest BCUT2D eigenvalue weighted by Gasteiger charge is -2.33. The van der Waals surface area contributed by atoms with Crippen LogP contribution in [0, 0.1) is 11.3 Å². The van der Waals surface area contributed by atoms with E-state index >= 15 is 0 Å². The van der Waals surface area contributed by atoms with Gasteiger partial charge in [-0.3, -0.25) is 0 Å². The molecule has 1 aromatic carbocycles. The minimum absolute atomic E-state index is 0.315. The van der Waals surface area contributed by atoms with Gasteiger partial charge in [-0.15, -0.1) is 0 Å². The zero-order valence-corrected chi connectivity index (χ0v) is 12.7. The minimum Gasteiger partial charge on any atom is -0.361 e. The highest BCUT2D eigenvalue weighted by Gasteiger charge is 2.25. The van der Waals surface area contributed by atoms with Crippen molar-refractivity contribution in [3.63, 3.8) is 0 Å². The van der Waals surface area contributed by atoms with Crippen molar-refractivity contribution in [2.75, 3.05) is 11.9 Å². The second-order valence-corrected chi connectivity index (χ2v) is 6.15. The predicted octanol–water partition coefficient (Wildman–Crippen LogP) is 3.66. The largest absolute Gasteiger partial charge is 0.361 e. The highest BCUT2D eigenvalue weighted by molar-refractivity contribution is 7.10. The monoisotopic (exact) mass is 303 g/mol. The number of fused-ring (bicyclic) bond motifs is 1. The molecule has 1 heterocycles. The molecule has 102 valence electrons. The lowest BCUT2D eigenvalue weighted by Crippen LogP contribution is -2.36. The molecule has 0 bridgehead atoms. The summed E-state index contributed by atoms with van der Waals surface area (Å²) in [6.45, 7) is 0. The normalized spacial score (nSPS) is 17.4. The van der Waals surface area contributed by atoms with Gasteiger partial charge in [-0.05, 0) is 41.9 Å². The fourth-order valence-electron chi connectivity index (χ4n) is 2.77. The van der Waals surface area contributed by atoms with E-state index in [1.807, 2.05) is 7.05 Å². The molecule has 0 aliphatic heterocycles. The molecule has 1 atom stereocenters. The van der Waals surface area contributed by atoms with Crippen molar-refractivity contribution in [1.29, 1.82) is 5.26 Å². The van der Waals surface area contributed by atoms with Crippen LogP contribution < -0.4 is 4.90 Å². The number of rotatable bonds is 2. The van der Waals surface area contributed by atoms with Gasteiger partial charge in [-0.1, -0.05) is 35.9 Å². The number of aromatic nitrogens is 1. The first kappa shape index (κ1) is 13.4. The van der Waals surface area contributed by atoms with Gasteiger partial charge >= 0.3 is 0 Å². The Balaban J connectivity index is 1.86. The number of benzene rings is 1. The Hall–Kier alpha value is -1.57. The molecular formula is C15H14ClN3S. The zero-order chi connectivity index (χ0) is 14.1. The summed E-state index contributed by atoms with van der Waals surface area (Å²) in [5, 5.41) is 10.4. The van der Waals surface area contributed by atoms with E-state index in [1.54, 1.807) is 0 Å². The van der Waals surface area contributed by atoms with Crippen LogP contribution in [0.4, 0.5) is 5.00 Å². The fourth-order valence-corrected chi connectivity index (χ4v) is 3.83. The number of halogens is 1. The number of hydrogen-bond donors (Lipinski definition) is 0. The van der Waals surface area contributed by atoms with Crippen LogP contribution in [0.3, 0.4) is 0 Å². The molecule has 5 heteroatoms. The maximum Gasteiger partial charge on any atom is 0.162 e. The molecular weight excluding hydrogens is 290 g/mol. The van der Waals surface area contributed by atoms with Crippen LogP contribution in [0.5, 0.6) is 0 Å². The van der Waals surface area contributed by atoms with E-state index in [0.29, 0.717) is 16.8 Å². The average Bonchev–Trinajstić information content (AvgIpc) is 2.86. The molecule has 0 saturated heterocycles. The van der Waals surface area contributed by atoms with Crippen LogP contribution in [0.15, 0.2) is 24.3 Å². The molecule has 1 aliphatic carbocycles. The number of aryl methyl sites for hydroxylation is 1. The Morgan fingerprint density at radius 3 is 2.90 bits per heavy atom. The van der Waals surface area contributed by atoms with E-state index in [0.717, 1.165) is 24.3 Å². The Kier molecular flexibility index (Phi) is 3.64. The van der Waals surface area contributed by atoms with Crippen molar-refractivity contribution in [3.05, 3.63) is 46.1 Å². The molecule has 1 aromatic heterocycles. The third-order valence-corrected chi connectivity index (χ3v) is 5.25. The van der Waals surface area contributed by atoms with Crippen molar-refractivity contribution in [1.82, 2.24) is 4.37 Å². The molecule has 1 aliphatic rings. The summed E-state index contributed by atoms with van der Waals surface area (Å²) in [7, 11) is 2.03. The molecule has 3 nitrogen and oxygen atoms in total. The minimum atomic E-state index is 0.315. The molecule has 0 spiro atoms. The smallest absolute Gasteiger partial charge is 0.162 e. The summed E-state index contributed by atoms with van der Waals surface area (Å²) in [5.41, 5.74) is 3.35. The SMILES string of the molecule is CN(c1snc(Cl)c1C#N)C1CCc2ccccc2C1. The third-order valence-electron chi connectivity index (χ3n) is 3.93. The molecule has 1 unspecified atom stereocenters. The van der Waals surface area contributed by atoms with Crippen LogP contribution in [-0.4, -0.2) is 17.5 Å². The lowest BCUT2D eigenvalue weighted by atomic mass is 9.88. The van der Waals surface area contributed by atoms with Gasteiger partial charge in [0.25, 0.3) is 0 Å². The Bertz CT molecular complexity index is 674. The Morgan fingerprint density at radius 1 is 1.40 bits per heavy atom. The molecule has 3 rings (SSSR count). The first-order valence-electron chi connectivity index (χ1n) is 6.55. The van der Waals surface area contributed by atoms with E-state index in [2.05, 4.69) is 39.6 Å². The Morgan fingerprint density at radius 2 is 2.15 bits per heavy atom. The molecule has 0 saturated carbocycles. The van der Waals surface area contributed by atoms with Crippen LogP contribution >= 0.6 is 23.1 Å². The maximum atomic E-state index is 9.20. The van der Waals surface area contributed by atoms with Gasteiger partial charge in [0, 0.05) is 13.1 Å². The first-order valence-corrected chi connectivity index (χ1v) is 7.70. The Labute approximate surface area is 127 Å². The van der Waals surface area contributed by atoms with Crippen LogP contribution in [-0.2, 0) is 12.8 Å². The van der Waals surface area contributed by atoms with Crippen LogP contribution in [0.2, 0.25) is 5.15 Å². The summed E-state index contributed by atoms with van der Waals surface area (Å²) in [6, 6.07) is 11.1. The molecule has 0 fully saturated rings. The van der Waals surface area contributed by atoms with Gasteiger partial charge in [0.15, 0.2) is 5.15 Å². The topological polar surface area (TPSA) is 39.9 Å². The van der Waals surface area contributed by atoms with Crippen molar-refractivity contribution in [2.45, 2.75) is 25.3 Å². The maximum absolute atomic E-state index is 9.20.